The van der Waals surface area contributed by atoms with Crippen molar-refractivity contribution >= 4 is 0 Å². The standard InChI is InChI=1S/C11H14F2O/c1-2-3-11(14)6-8-4-9(12)7-10(13)5-8/h4-5,7,11,14H,2-3,6H2,1H3. The summed E-state index contributed by atoms with van der Waals surface area (Å²) in [5.41, 5.74) is 0.503. The van der Waals surface area contributed by atoms with Crippen molar-refractivity contribution in [2.45, 2.75) is 32.3 Å². The molecule has 0 saturated carbocycles. The van der Waals surface area contributed by atoms with E-state index in [4.69, 9.17) is 0 Å². The van der Waals surface area contributed by atoms with Gasteiger partial charge in [-0.25, -0.2) is 8.78 Å². The van der Waals surface area contributed by atoms with E-state index >= 15 is 0 Å². The number of hydrogen-bond acceptors (Lipinski definition) is 1. The molecule has 1 rings (SSSR count). The third kappa shape index (κ3) is 3.42. The Morgan fingerprint density at radius 1 is 1.21 bits per heavy atom. The number of aliphatic hydroxyl groups excluding tert-OH is 1. The topological polar surface area (TPSA) is 20.2 Å². The van der Waals surface area contributed by atoms with Crippen LogP contribution in [-0.2, 0) is 6.42 Å². The van der Waals surface area contributed by atoms with E-state index in [0.29, 0.717) is 18.4 Å². The van der Waals surface area contributed by atoms with Gasteiger partial charge in [-0.2, -0.15) is 0 Å². The zero-order valence-corrected chi connectivity index (χ0v) is 8.13. The lowest BCUT2D eigenvalue weighted by atomic mass is 10.0. The van der Waals surface area contributed by atoms with Crippen LogP contribution in [0.25, 0.3) is 0 Å². The van der Waals surface area contributed by atoms with Crippen LogP contribution in [0.5, 0.6) is 0 Å². The minimum absolute atomic E-state index is 0.308. The van der Waals surface area contributed by atoms with Crippen molar-refractivity contribution in [2.75, 3.05) is 0 Å². The second-order valence-electron chi connectivity index (χ2n) is 3.42. The Kier molecular flexibility index (Phi) is 4.01. The summed E-state index contributed by atoms with van der Waals surface area (Å²) < 4.78 is 25.5. The lowest BCUT2D eigenvalue weighted by Gasteiger charge is -2.08. The van der Waals surface area contributed by atoms with Crippen molar-refractivity contribution in [1.29, 1.82) is 0 Å². The van der Waals surface area contributed by atoms with E-state index in [-0.39, 0.29) is 0 Å². The molecule has 0 aliphatic heterocycles. The molecule has 0 aromatic heterocycles. The highest BCUT2D eigenvalue weighted by Crippen LogP contribution is 2.11. The summed E-state index contributed by atoms with van der Waals surface area (Å²) in [6.07, 6.45) is 1.31. The zero-order chi connectivity index (χ0) is 10.6. The van der Waals surface area contributed by atoms with Crippen LogP contribution in [0.15, 0.2) is 18.2 Å². The Morgan fingerprint density at radius 2 is 1.79 bits per heavy atom. The van der Waals surface area contributed by atoms with Crippen molar-refractivity contribution in [3.8, 4) is 0 Å². The van der Waals surface area contributed by atoms with Gasteiger partial charge in [-0.3, -0.25) is 0 Å². The van der Waals surface area contributed by atoms with Gasteiger partial charge in [0.1, 0.15) is 11.6 Å². The number of halogens is 2. The monoisotopic (exact) mass is 200 g/mol. The minimum Gasteiger partial charge on any atom is -0.393 e. The van der Waals surface area contributed by atoms with E-state index < -0.39 is 17.7 Å². The summed E-state index contributed by atoms with van der Waals surface area (Å²) in [5, 5.41) is 9.44. The maximum Gasteiger partial charge on any atom is 0.126 e. The maximum atomic E-state index is 12.7. The summed E-state index contributed by atoms with van der Waals surface area (Å²) in [5.74, 6) is -1.19. The molecule has 0 aliphatic carbocycles. The Bertz CT molecular complexity index is 279. The minimum atomic E-state index is -0.594. The van der Waals surface area contributed by atoms with Crippen molar-refractivity contribution < 1.29 is 13.9 Å². The highest BCUT2D eigenvalue weighted by Gasteiger charge is 2.06. The van der Waals surface area contributed by atoms with Gasteiger partial charge in [0, 0.05) is 6.07 Å². The first kappa shape index (κ1) is 11.1. The molecule has 0 amide bonds. The molecule has 1 atom stereocenters. The Balaban J connectivity index is 2.66. The molecule has 1 unspecified atom stereocenters. The van der Waals surface area contributed by atoms with Gasteiger partial charge < -0.3 is 5.11 Å². The average Bonchev–Trinajstić information content (AvgIpc) is 2.01. The van der Waals surface area contributed by atoms with Crippen LogP contribution in [0.4, 0.5) is 8.78 Å². The fourth-order valence-corrected chi connectivity index (χ4v) is 1.44. The molecule has 1 nitrogen and oxygen atoms in total. The molecule has 0 bridgehead atoms. The quantitative estimate of drug-likeness (QED) is 0.792. The van der Waals surface area contributed by atoms with Crippen molar-refractivity contribution in [2.24, 2.45) is 0 Å². The van der Waals surface area contributed by atoms with E-state index in [1.807, 2.05) is 6.92 Å². The van der Waals surface area contributed by atoms with E-state index in [2.05, 4.69) is 0 Å². The predicted molar refractivity (Wildman–Crippen MR) is 51.0 cm³/mol. The number of rotatable bonds is 4. The molecule has 1 N–H and O–H groups in total. The summed E-state index contributed by atoms with van der Waals surface area (Å²) in [6, 6.07) is 3.33. The first-order valence-electron chi connectivity index (χ1n) is 4.75. The van der Waals surface area contributed by atoms with Gasteiger partial charge >= 0.3 is 0 Å². The van der Waals surface area contributed by atoms with E-state index in [0.717, 1.165) is 12.5 Å². The second kappa shape index (κ2) is 5.05. The first-order chi connectivity index (χ1) is 6.61. The van der Waals surface area contributed by atoms with Crippen LogP contribution in [0, 0.1) is 11.6 Å². The van der Waals surface area contributed by atoms with Crippen molar-refractivity contribution in [1.82, 2.24) is 0 Å². The van der Waals surface area contributed by atoms with E-state index in [1.165, 1.54) is 12.1 Å². The Morgan fingerprint density at radius 3 is 2.29 bits per heavy atom. The van der Waals surface area contributed by atoms with Crippen LogP contribution in [0.3, 0.4) is 0 Å². The molecule has 0 aliphatic rings. The summed E-state index contributed by atoms with van der Waals surface area (Å²) in [6.45, 7) is 1.95. The van der Waals surface area contributed by atoms with Crippen LogP contribution in [0.1, 0.15) is 25.3 Å². The van der Waals surface area contributed by atoms with Crippen molar-refractivity contribution in [3.63, 3.8) is 0 Å². The molecule has 0 radical (unpaired) electrons. The van der Waals surface area contributed by atoms with Crippen LogP contribution >= 0.6 is 0 Å². The molecule has 14 heavy (non-hydrogen) atoms. The molecular weight excluding hydrogens is 186 g/mol. The number of hydrogen-bond donors (Lipinski definition) is 1. The van der Waals surface area contributed by atoms with Crippen LogP contribution < -0.4 is 0 Å². The molecule has 0 fully saturated rings. The molecule has 1 aromatic rings. The van der Waals surface area contributed by atoms with Gasteiger partial charge in [0.25, 0.3) is 0 Å². The van der Waals surface area contributed by atoms with E-state index in [9.17, 15) is 13.9 Å². The summed E-state index contributed by atoms with van der Waals surface area (Å²) >= 11 is 0. The number of benzene rings is 1. The average molecular weight is 200 g/mol. The van der Waals surface area contributed by atoms with Gasteiger partial charge in [-0.15, -0.1) is 0 Å². The maximum absolute atomic E-state index is 12.7. The van der Waals surface area contributed by atoms with Crippen LogP contribution in [-0.4, -0.2) is 11.2 Å². The smallest absolute Gasteiger partial charge is 0.126 e. The highest BCUT2D eigenvalue weighted by atomic mass is 19.1. The molecule has 0 saturated heterocycles. The summed E-state index contributed by atoms with van der Waals surface area (Å²) in [4.78, 5) is 0. The number of aliphatic hydroxyl groups is 1. The first-order valence-corrected chi connectivity index (χ1v) is 4.75. The Labute approximate surface area is 82.4 Å². The normalized spacial score (nSPS) is 12.9. The van der Waals surface area contributed by atoms with E-state index in [1.54, 1.807) is 0 Å². The molecular formula is C11H14F2O. The molecule has 78 valence electrons. The summed E-state index contributed by atoms with van der Waals surface area (Å²) in [7, 11) is 0. The fraction of sp³-hybridized carbons (Fsp3) is 0.455. The van der Waals surface area contributed by atoms with Gasteiger partial charge in [-0.1, -0.05) is 13.3 Å². The lowest BCUT2D eigenvalue weighted by molar-refractivity contribution is 0.163. The SMILES string of the molecule is CCCC(O)Cc1cc(F)cc(F)c1. The molecule has 3 heteroatoms. The van der Waals surface area contributed by atoms with Gasteiger partial charge in [-0.05, 0) is 30.5 Å². The largest absolute Gasteiger partial charge is 0.393 e. The van der Waals surface area contributed by atoms with Crippen LogP contribution in [0.2, 0.25) is 0 Å². The molecule has 0 spiro atoms. The third-order valence-corrected chi connectivity index (χ3v) is 2.02. The zero-order valence-electron chi connectivity index (χ0n) is 8.13. The van der Waals surface area contributed by atoms with Gasteiger partial charge in [0.15, 0.2) is 0 Å². The lowest BCUT2D eigenvalue weighted by Crippen LogP contribution is -2.10. The van der Waals surface area contributed by atoms with Gasteiger partial charge in [0.05, 0.1) is 6.10 Å². The van der Waals surface area contributed by atoms with Gasteiger partial charge in [0.2, 0.25) is 0 Å². The van der Waals surface area contributed by atoms with Crippen molar-refractivity contribution in [3.05, 3.63) is 35.4 Å². The third-order valence-electron chi connectivity index (χ3n) is 2.02. The fourth-order valence-electron chi connectivity index (χ4n) is 1.44. The molecule has 0 heterocycles. The predicted octanol–water partition coefficient (Wildman–Crippen LogP) is 2.67. The highest BCUT2D eigenvalue weighted by molar-refractivity contribution is 5.18. The molecule has 1 aromatic carbocycles. The Hall–Kier alpha value is -0.960. The second-order valence-corrected chi connectivity index (χ2v) is 3.42.